The predicted molar refractivity (Wildman–Crippen MR) is 116 cm³/mol. The van der Waals surface area contributed by atoms with Crippen LogP contribution in [0.3, 0.4) is 0 Å². The molecule has 7 heteroatoms. The Bertz CT molecular complexity index is 524. The maximum atomic E-state index is 5.92. The van der Waals surface area contributed by atoms with Gasteiger partial charge in [0.15, 0.2) is 17.5 Å². The van der Waals surface area contributed by atoms with Crippen molar-refractivity contribution in [2.24, 2.45) is 10.7 Å². The molecule has 1 aromatic rings. The molecule has 6 nitrogen and oxygen atoms in total. The van der Waals surface area contributed by atoms with Crippen LogP contribution in [0.2, 0.25) is 0 Å². The van der Waals surface area contributed by atoms with E-state index < -0.39 is 0 Å². The minimum absolute atomic E-state index is 0. The number of halogens is 1. The molecule has 0 amide bonds. The molecule has 0 unspecified atom stereocenters. The van der Waals surface area contributed by atoms with Gasteiger partial charge in [-0.3, -0.25) is 9.89 Å². The molecule has 3 N–H and O–H groups in total. The first-order valence-electron chi connectivity index (χ1n) is 8.50. The van der Waals surface area contributed by atoms with Crippen molar-refractivity contribution in [1.29, 1.82) is 0 Å². The smallest absolute Gasteiger partial charge is 0.188 e. The minimum Gasteiger partial charge on any atom is -0.493 e. The maximum absolute atomic E-state index is 5.92. The number of guanidine groups is 1. The number of methoxy groups -OCH3 is 2. The molecular formula is C18H33IN4O2. The van der Waals surface area contributed by atoms with Crippen molar-refractivity contribution in [3.05, 3.63) is 23.8 Å². The zero-order chi connectivity index (χ0) is 17.9. The number of hydrogen-bond acceptors (Lipinski definition) is 4. The number of nitrogens with zero attached hydrogens (tertiary/aromatic N) is 2. The van der Waals surface area contributed by atoms with Crippen LogP contribution in [0.4, 0.5) is 0 Å². The molecule has 0 bridgehead atoms. The second-order valence-corrected chi connectivity index (χ2v) is 5.86. The molecule has 0 aromatic heterocycles. The molecule has 0 saturated heterocycles. The topological polar surface area (TPSA) is 72.1 Å². The number of hydrogen-bond donors (Lipinski definition) is 2. The maximum Gasteiger partial charge on any atom is 0.188 e. The van der Waals surface area contributed by atoms with Crippen LogP contribution in [-0.2, 0) is 6.42 Å². The standard InChI is InChI=1S/C18H32N4O2.HI/c1-6-22(14(2)3)12-11-21-18(19)20-10-9-15-7-8-16(23-4)17(13-15)24-5;/h7-8,13-14H,6,9-12H2,1-5H3,(H3,19,20,21);1H. The molecule has 0 radical (unpaired) electrons. The third-order valence-electron chi connectivity index (χ3n) is 3.97. The highest BCUT2D eigenvalue weighted by Gasteiger charge is 2.06. The van der Waals surface area contributed by atoms with E-state index in [0.29, 0.717) is 18.5 Å². The highest BCUT2D eigenvalue weighted by molar-refractivity contribution is 14.0. The van der Waals surface area contributed by atoms with Crippen molar-refractivity contribution in [3.63, 3.8) is 0 Å². The molecular weight excluding hydrogens is 431 g/mol. The first-order valence-corrected chi connectivity index (χ1v) is 8.50. The van der Waals surface area contributed by atoms with E-state index in [1.807, 2.05) is 18.2 Å². The van der Waals surface area contributed by atoms with Crippen molar-refractivity contribution < 1.29 is 9.47 Å². The van der Waals surface area contributed by atoms with E-state index in [4.69, 9.17) is 15.2 Å². The predicted octanol–water partition coefficient (Wildman–Crippen LogP) is 2.50. The molecule has 0 spiro atoms. The second-order valence-electron chi connectivity index (χ2n) is 5.86. The van der Waals surface area contributed by atoms with Crippen molar-refractivity contribution in [3.8, 4) is 11.5 Å². The summed E-state index contributed by atoms with van der Waals surface area (Å²) in [5.74, 6) is 1.97. The third-order valence-corrected chi connectivity index (χ3v) is 3.97. The normalized spacial score (nSPS) is 11.4. The Hall–Kier alpha value is -1.22. The summed E-state index contributed by atoms with van der Waals surface area (Å²) in [4.78, 5) is 6.75. The lowest BCUT2D eigenvalue weighted by Gasteiger charge is -2.23. The zero-order valence-electron chi connectivity index (χ0n) is 16.0. The Morgan fingerprint density at radius 1 is 1.24 bits per heavy atom. The summed E-state index contributed by atoms with van der Waals surface area (Å²) >= 11 is 0. The van der Waals surface area contributed by atoms with Crippen LogP contribution in [0.25, 0.3) is 0 Å². The van der Waals surface area contributed by atoms with Gasteiger partial charge in [-0.15, -0.1) is 24.0 Å². The van der Waals surface area contributed by atoms with E-state index in [9.17, 15) is 0 Å². The van der Waals surface area contributed by atoms with E-state index in [1.165, 1.54) is 0 Å². The summed E-state index contributed by atoms with van der Waals surface area (Å²) in [5, 5.41) is 3.16. The largest absolute Gasteiger partial charge is 0.493 e. The number of rotatable bonds is 10. The number of nitrogens with one attached hydrogen (secondary N) is 1. The Morgan fingerprint density at radius 2 is 1.92 bits per heavy atom. The number of benzene rings is 1. The van der Waals surface area contributed by atoms with Gasteiger partial charge < -0.3 is 20.5 Å². The van der Waals surface area contributed by atoms with Gasteiger partial charge in [0.2, 0.25) is 0 Å². The highest BCUT2D eigenvalue weighted by atomic mass is 127. The summed E-state index contributed by atoms with van der Waals surface area (Å²) in [6.45, 7) is 9.93. The molecule has 0 fully saturated rings. The van der Waals surface area contributed by atoms with Crippen LogP contribution in [-0.4, -0.2) is 57.3 Å². The summed E-state index contributed by atoms with van der Waals surface area (Å²) in [7, 11) is 3.27. The fourth-order valence-corrected chi connectivity index (χ4v) is 2.51. The first-order chi connectivity index (χ1) is 11.5. The molecule has 0 saturated carbocycles. The van der Waals surface area contributed by atoms with Gasteiger partial charge in [-0.2, -0.15) is 0 Å². The molecule has 0 heterocycles. The molecule has 0 atom stereocenters. The van der Waals surface area contributed by atoms with E-state index >= 15 is 0 Å². The van der Waals surface area contributed by atoms with Gasteiger partial charge in [-0.05, 0) is 44.5 Å². The lowest BCUT2D eigenvalue weighted by Crippen LogP contribution is -2.36. The average Bonchev–Trinajstić information content (AvgIpc) is 2.58. The van der Waals surface area contributed by atoms with Crippen molar-refractivity contribution in [2.75, 3.05) is 40.4 Å². The minimum atomic E-state index is 0. The van der Waals surface area contributed by atoms with Gasteiger partial charge >= 0.3 is 0 Å². The van der Waals surface area contributed by atoms with Gasteiger partial charge in [0, 0.05) is 19.1 Å². The van der Waals surface area contributed by atoms with Crippen LogP contribution in [0.15, 0.2) is 23.2 Å². The van der Waals surface area contributed by atoms with Crippen molar-refractivity contribution in [2.45, 2.75) is 33.2 Å². The second kappa shape index (κ2) is 13.0. The summed E-state index contributed by atoms with van der Waals surface area (Å²) in [6.07, 6.45) is 0.837. The lowest BCUT2D eigenvalue weighted by molar-refractivity contribution is 0.240. The Balaban J connectivity index is 0.00000576. The van der Waals surface area contributed by atoms with Crippen LogP contribution >= 0.6 is 24.0 Å². The summed E-state index contributed by atoms with van der Waals surface area (Å²) < 4.78 is 10.6. The Morgan fingerprint density at radius 3 is 2.48 bits per heavy atom. The number of ether oxygens (including phenoxy) is 2. The summed E-state index contributed by atoms with van der Waals surface area (Å²) in [5.41, 5.74) is 7.08. The molecule has 0 aliphatic carbocycles. The van der Waals surface area contributed by atoms with Crippen molar-refractivity contribution >= 4 is 29.9 Å². The Labute approximate surface area is 169 Å². The van der Waals surface area contributed by atoms with Crippen molar-refractivity contribution in [1.82, 2.24) is 10.2 Å². The van der Waals surface area contributed by atoms with Gasteiger partial charge in [0.25, 0.3) is 0 Å². The molecule has 144 valence electrons. The number of aliphatic imine (C=N–C) groups is 1. The first kappa shape index (κ1) is 23.8. The highest BCUT2D eigenvalue weighted by Crippen LogP contribution is 2.27. The zero-order valence-corrected chi connectivity index (χ0v) is 18.4. The van der Waals surface area contributed by atoms with Crippen LogP contribution in [0, 0.1) is 0 Å². The van der Waals surface area contributed by atoms with E-state index in [1.54, 1.807) is 14.2 Å². The molecule has 0 aliphatic heterocycles. The SMILES string of the molecule is CCN(CCN=C(N)NCCc1ccc(OC)c(OC)c1)C(C)C.I. The monoisotopic (exact) mass is 464 g/mol. The average molecular weight is 464 g/mol. The number of nitrogens with two attached hydrogens (primary N) is 1. The third kappa shape index (κ3) is 8.62. The molecule has 1 rings (SSSR count). The van der Waals surface area contributed by atoms with E-state index in [0.717, 1.165) is 43.1 Å². The van der Waals surface area contributed by atoms with E-state index in [2.05, 4.69) is 36.0 Å². The molecule has 0 aliphatic rings. The van der Waals surface area contributed by atoms with Crippen LogP contribution in [0.5, 0.6) is 11.5 Å². The fourth-order valence-electron chi connectivity index (χ4n) is 2.51. The van der Waals surface area contributed by atoms with E-state index in [-0.39, 0.29) is 24.0 Å². The Kier molecular flexibility index (Phi) is 12.4. The molecule has 25 heavy (non-hydrogen) atoms. The van der Waals surface area contributed by atoms with Crippen LogP contribution in [0.1, 0.15) is 26.3 Å². The number of likely N-dealkylation sites (N-methyl/N-ethyl adjacent to an activating group) is 1. The summed E-state index contributed by atoms with van der Waals surface area (Å²) in [6, 6.07) is 6.45. The fraction of sp³-hybridized carbons (Fsp3) is 0.611. The van der Waals surface area contributed by atoms with Gasteiger partial charge in [-0.25, -0.2) is 0 Å². The van der Waals surface area contributed by atoms with Gasteiger partial charge in [0.1, 0.15) is 0 Å². The molecule has 1 aromatic carbocycles. The van der Waals surface area contributed by atoms with Gasteiger partial charge in [0.05, 0.1) is 20.8 Å². The lowest BCUT2D eigenvalue weighted by atomic mass is 10.1. The van der Waals surface area contributed by atoms with Crippen LogP contribution < -0.4 is 20.5 Å². The van der Waals surface area contributed by atoms with Gasteiger partial charge in [-0.1, -0.05) is 13.0 Å². The quantitative estimate of drug-likeness (QED) is 0.316.